The molecule has 2 heterocycles. The van der Waals surface area contributed by atoms with Gasteiger partial charge in [0.15, 0.2) is 5.82 Å². The van der Waals surface area contributed by atoms with Crippen LogP contribution in [0.2, 0.25) is 10.0 Å². The van der Waals surface area contributed by atoms with Gasteiger partial charge in [0.1, 0.15) is 13.0 Å². The van der Waals surface area contributed by atoms with Gasteiger partial charge in [-0.3, -0.25) is 9.36 Å². The summed E-state index contributed by atoms with van der Waals surface area (Å²) in [5, 5.41) is 1.90. The van der Waals surface area contributed by atoms with Crippen LogP contribution in [-0.2, 0) is 18.5 Å². The fraction of sp³-hybridized carbons (Fsp3) is 0.158. The maximum Gasteiger partial charge on any atom is 0.159 e. The van der Waals surface area contributed by atoms with Gasteiger partial charge in [0.2, 0.25) is 0 Å². The molecule has 0 fully saturated rings. The number of rotatable bonds is 4. The highest BCUT2D eigenvalue weighted by atomic mass is 35.5. The summed E-state index contributed by atoms with van der Waals surface area (Å²) in [5.41, 5.74) is 4.14. The highest BCUT2D eigenvalue weighted by molar-refractivity contribution is 6.42. The molecule has 4 rings (SSSR count). The molecule has 7 heteroatoms. The second-order valence-electron chi connectivity index (χ2n) is 6.06. The Morgan fingerprint density at radius 3 is 2.62 bits per heavy atom. The fourth-order valence-electron chi connectivity index (χ4n) is 3.23. The van der Waals surface area contributed by atoms with Crippen LogP contribution >= 0.6 is 23.2 Å². The number of aryl methyl sites for hydroxylation is 1. The first-order valence-electron chi connectivity index (χ1n) is 7.92. The lowest BCUT2D eigenvalue weighted by atomic mass is 10.2. The monoisotopic (exact) mass is 387 g/mol. The smallest absolute Gasteiger partial charge is 0.159 e. The molecule has 0 saturated heterocycles. The van der Waals surface area contributed by atoms with Crippen LogP contribution in [0, 0.1) is 0 Å². The number of hydrogen-bond donors (Lipinski definition) is 0. The van der Waals surface area contributed by atoms with Crippen molar-refractivity contribution in [3.63, 3.8) is 0 Å². The number of imidazole rings is 1. The van der Waals surface area contributed by atoms with Crippen LogP contribution in [0.3, 0.4) is 0 Å². The third-order valence-corrected chi connectivity index (χ3v) is 5.20. The zero-order chi connectivity index (χ0) is 18.4. The van der Waals surface area contributed by atoms with Gasteiger partial charge in [-0.25, -0.2) is 4.98 Å². The van der Waals surface area contributed by atoms with Gasteiger partial charge in [-0.2, -0.15) is 0 Å². The van der Waals surface area contributed by atoms with E-state index in [2.05, 4.69) is 0 Å². The van der Waals surface area contributed by atoms with E-state index in [-0.39, 0.29) is 0 Å². The van der Waals surface area contributed by atoms with E-state index in [0.717, 1.165) is 39.7 Å². The van der Waals surface area contributed by atoms with Gasteiger partial charge >= 0.3 is 0 Å². The van der Waals surface area contributed by atoms with E-state index >= 15 is 0 Å². The first-order chi connectivity index (χ1) is 12.5. The molecule has 2 aromatic carbocycles. The van der Waals surface area contributed by atoms with Gasteiger partial charge in [-0.1, -0.05) is 23.2 Å². The zero-order valence-corrected chi connectivity index (χ0v) is 15.7. The van der Waals surface area contributed by atoms with Crippen molar-refractivity contribution in [2.75, 3.05) is 7.11 Å². The number of ether oxygens (including phenoxy) is 1. The molecule has 0 bridgehead atoms. The number of carbonyl (C=O) groups excluding carboxylic acids is 1. The van der Waals surface area contributed by atoms with Gasteiger partial charge in [0.25, 0.3) is 0 Å². The van der Waals surface area contributed by atoms with Crippen LogP contribution in [0.4, 0.5) is 0 Å². The average Bonchev–Trinajstić information content (AvgIpc) is 3.13. The zero-order valence-electron chi connectivity index (χ0n) is 14.2. The number of aldehydes is 1. The summed E-state index contributed by atoms with van der Waals surface area (Å²) in [7, 11) is 3.60. The van der Waals surface area contributed by atoms with Crippen molar-refractivity contribution >= 4 is 51.4 Å². The normalized spacial score (nSPS) is 11.5. The van der Waals surface area contributed by atoms with E-state index in [1.165, 1.54) is 0 Å². The fourth-order valence-corrected chi connectivity index (χ4v) is 3.55. The molecule has 5 nitrogen and oxygen atoms in total. The molecule has 0 aliphatic carbocycles. The topological polar surface area (TPSA) is 49.0 Å². The highest BCUT2D eigenvalue weighted by Crippen LogP contribution is 2.33. The second kappa shape index (κ2) is 6.43. The van der Waals surface area contributed by atoms with Gasteiger partial charge in [0, 0.05) is 30.6 Å². The predicted molar refractivity (Wildman–Crippen MR) is 104 cm³/mol. The van der Waals surface area contributed by atoms with Crippen LogP contribution in [0.1, 0.15) is 10.4 Å². The molecule has 0 saturated carbocycles. The Morgan fingerprint density at radius 1 is 1.12 bits per heavy atom. The number of hydrogen-bond acceptors (Lipinski definition) is 3. The van der Waals surface area contributed by atoms with Crippen molar-refractivity contribution in [2.45, 2.75) is 6.73 Å². The number of nitrogens with zero attached hydrogens (tertiary/aromatic N) is 3. The van der Waals surface area contributed by atoms with E-state index < -0.39 is 0 Å². The van der Waals surface area contributed by atoms with Crippen molar-refractivity contribution in [2.24, 2.45) is 7.05 Å². The largest absolute Gasteiger partial charge is 0.364 e. The number of aromatic nitrogens is 3. The molecule has 4 aromatic rings. The molecule has 2 aromatic heterocycles. The number of benzene rings is 2. The SMILES string of the molecule is COCn1c(-c2cc3cc(C=O)ccc3n2C)nc2cc(Cl)c(Cl)cc21. The Labute approximate surface area is 159 Å². The van der Waals surface area contributed by atoms with E-state index in [1.54, 1.807) is 25.3 Å². The summed E-state index contributed by atoms with van der Waals surface area (Å²) in [4.78, 5) is 15.8. The molecule has 0 aliphatic heterocycles. The van der Waals surface area contributed by atoms with Crippen LogP contribution in [0.15, 0.2) is 36.4 Å². The van der Waals surface area contributed by atoms with Crippen molar-refractivity contribution in [3.8, 4) is 11.5 Å². The summed E-state index contributed by atoms with van der Waals surface area (Å²) in [5.74, 6) is 0.742. The third kappa shape index (κ3) is 2.60. The Balaban J connectivity index is 2.01. The maximum absolute atomic E-state index is 11.1. The molecule has 0 amide bonds. The standard InChI is InChI=1S/C19H15Cl2N3O2/c1-23-16-4-3-11(9-25)5-12(16)6-18(23)19-22-15-7-13(20)14(21)8-17(15)24(19)10-26-2/h3-9H,10H2,1-2H3. The second-order valence-corrected chi connectivity index (χ2v) is 6.88. The molecule has 0 unspecified atom stereocenters. The molecule has 0 spiro atoms. The Bertz CT molecular complexity index is 1160. The highest BCUT2D eigenvalue weighted by Gasteiger charge is 2.18. The predicted octanol–water partition coefficient (Wildman–Crippen LogP) is 4.92. The van der Waals surface area contributed by atoms with Crippen LogP contribution in [0.5, 0.6) is 0 Å². The number of carbonyl (C=O) groups is 1. The number of fused-ring (bicyclic) bond motifs is 2. The Morgan fingerprint density at radius 2 is 1.88 bits per heavy atom. The molecule has 132 valence electrons. The molecule has 0 aliphatic rings. The number of methoxy groups -OCH3 is 1. The minimum Gasteiger partial charge on any atom is -0.364 e. The quantitative estimate of drug-likeness (QED) is 0.467. The molecular formula is C19H15Cl2N3O2. The van der Waals surface area contributed by atoms with Crippen molar-refractivity contribution in [3.05, 3.63) is 52.0 Å². The summed E-state index contributed by atoms with van der Waals surface area (Å²) in [6.07, 6.45) is 0.844. The first kappa shape index (κ1) is 17.1. The van der Waals surface area contributed by atoms with Crippen molar-refractivity contribution in [1.29, 1.82) is 0 Å². The lowest BCUT2D eigenvalue weighted by Crippen LogP contribution is -2.04. The van der Waals surface area contributed by atoms with Crippen LogP contribution in [-0.4, -0.2) is 27.5 Å². The van der Waals surface area contributed by atoms with Gasteiger partial charge in [-0.05, 0) is 36.4 Å². The molecule has 26 heavy (non-hydrogen) atoms. The first-order valence-corrected chi connectivity index (χ1v) is 8.68. The van der Waals surface area contributed by atoms with Gasteiger partial charge < -0.3 is 9.30 Å². The molecular weight excluding hydrogens is 373 g/mol. The van der Waals surface area contributed by atoms with E-state index in [1.807, 2.05) is 34.4 Å². The Hall–Kier alpha value is -2.34. The van der Waals surface area contributed by atoms with Crippen LogP contribution in [0.25, 0.3) is 33.5 Å². The van der Waals surface area contributed by atoms with Crippen molar-refractivity contribution in [1.82, 2.24) is 14.1 Å². The Kier molecular flexibility index (Phi) is 4.23. The van der Waals surface area contributed by atoms with E-state index in [9.17, 15) is 4.79 Å². The molecule has 0 N–H and O–H groups in total. The summed E-state index contributed by atoms with van der Waals surface area (Å²) in [6.45, 7) is 0.324. The van der Waals surface area contributed by atoms with E-state index in [4.69, 9.17) is 32.9 Å². The maximum atomic E-state index is 11.1. The van der Waals surface area contributed by atoms with Crippen molar-refractivity contribution < 1.29 is 9.53 Å². The van der Waals surface area contributed by atoms with Gasteiger partial charge in [-0.15, -0.1) is 0 Å². The minimum atomic E-state index is 0.324. The van der Waals surface area contributed by atoms with Crippen LogP contribution < -0.4 is 0 Å². The lowest BCUT2D eigenvalue weighted by molar-refractivity contribution is 0.112. The summed E-state index contributed by atoms with van der Waals surface area (Å²) < 4.78 is 9.36. The lowest BCUT2D eigenvalue weighted by Gasteiger charge is -2.09. The molecule has 0 atom stereocenters. The van der Waals surface area contributed by atoms with Gasteiger partial charge in [0.05, 0.1) is 26.8 Å². The third-order valence-electron chi connectivity index (χ3n) is 4.48. The molecule has 0 radical (unpaired) electrons. The number of halogens is 2. The van der Waals surface area contributed by atoms with E-state index in [0.29, 0.717) is 22.3 Å². The summed E-state index contributed by atoms with van der Waals surface area (Å²) in [6, 6.07) is 11.2. The summed E-state index contributed by atoms with van der Waals surface area (Å²) >= 11 is 12.3. The minimum absolute atomic E-state index is 0.324. The average molecular weight is 388 g/mol.